The number of aryl methyl sites for hydroxylation is 1. The lowest BCUT2D eigenvalue weighted by Gasteiger charge is -2.49. The second-order valence-electron chi connectivity index (χ2n) is 9.76. The maximum Gasteiger partial charge on any atom is 0.303 e. The second kappa shape index (κ2) is 10.5. The first kappa shape index (κ1) is 24.1. The van der Waals surface area contributed by atoms with Gasteiger partial charge in [0.15, 0.2) is 0 Å². The molecule has 3 aliphatic heterocycles. The van der Waals surface area contributed by atoms with Gasteiger partial charge in [0.1, 0.15) is 5.82 Å². The average molecular weight is 466 g/mol. The van der Waals surface area contributed by atoms with Crippen molar-refractivity contribution in [3.63, 3.8) is 0 Å². The average Bonchev–Trinajstić information content (AvgIpc) is 2.82. The Morgan fingerprint density at radius 3 is 2.59 bits per heavy atom. The molecule has 1 amide bonds. The molecule has 8 heteroatoms. The first-order valence-electron chi connectivity index (χ1n) is 12.2. The smallest absolute Gasteiger partial charge is 0.303 e. The predicted molar refractivity (Wildman–Crippen MR) is 132 cm³/mol. The number of amides is 1. The summed E-state index contributed by atoms with van der Waals surface area (Å²) in [7, 11) is 4.07. The number of carboxylic acids is 1. The monoisotopic (exact) mass is 465 g/mol. The van der Waals surface area contributed by atoms with Crippen LogP contribution in [0.4, 0.5) is 5.69 Å². The van der Waals surface area contributed by atoms with Crippen LogP contribution in [-0.2, 0) is 9.59 Å². The highest BCUT2D eigenvalue weighted by atomic mass is 16.4. The van der Waals surface area contributed by atoms with Crippen molar-refractivity contribution < 1.29 is 14.7 Å². The lowest BCUT2D eigenvalue weighted by molar-refractivity contribution is -0.137. The molecule has 0 radical (unpaired) electrons. The van der Waals surface area contributed by atoms with Crippen LogP contribution >= 0.6 is 0 Å². The third-order valence-electron chi connectivity index (χ3n) is 7.13. The highest BCUT2D eigenvalue weighted by Crippen LogP contribution is 2.41. The highest BCUT2D eigenvalue weighted by molar-refractivity contribution is 5.76. The number of carbonyl (C=O) groups excluding carboxylic acids is 1. The van der Waals surface area contributed by atoms with E-state index in [2.05, 4.69) is 45.4 Å². The molecule has 5 rings (SSSR count). The molecule has 0 aliphatic carbocycles. The van der Waals surface area contributed by atoms with Gasteiger partial charge in [0.2, 0.25) is 5.91 Å². The largest absolute Gasteiger partial charge is 0.481 e. The van der Waals surface area contributed by atoms with E-state index in [0.717, 1.165) is 54.4 Å². The second-order valence-corrected chi connectivity index (χ2v) is 9.76. The number of carbonyl (C=O) groups is 2. The minimum atomic E-state index is -0.858. The van der Waals surface area contributed by atoms with Crippen LogP contribution in [0.25, 0.3) is 11.3 Å². The van der Waals surface area contributed by atoms with Gasteiger partial charge in [-0.05, 0) is 56.8 Å². The van der Waals surface area contributed by atoms with Crippen LogP contribution in [0.2, 0.25) is 0 Å². The Kier molecular flexibility index (Phi) is 7.46. The predicted octanol–water partition coefficient (Wildman–Crippen LogP) is 3.07. The fourth-order valence-electron chi connectivity index (χ4n) is 5.26. The zero-order valence-corrected chi connectivity index (χ0v) is 20.3. The molecule has 2 aromatic rings. The van der Waals surface area contributed by atoms with E-state index in [0.29, 0.717) is 30.8 Å². The molecular weight excluding hydrogens is 430 g/mol. The third kappa shape index (κ3) is 5.73. The number of rotatable bonds is 9. The molecule has 182 valence electrons. The quantitative estimate of drug-likeness (QED) is 0.587. The Morgan fingerprint density at radius 2 is 1.94 bits per heavy atom. The summed E-state index contributed by atoms with van der Waals surface area (Å²) < 4.78 is 0. The molecule has 1 aromatic heterocycles. The Hall–Kier alpha value is -3.00. The molecule has 34 heavy (non-hydrogen) atoms. The first-order valence-corrected chi connectivity index (χ1v) is 12.2. The molecule has 8 nitrogen and oxygen atoms in total. The summed E-state index contributed by atoms with van der Waals surface area (Å²) in [6, 6.07) is 10.9. The van der Waals surface area contributed by atoms with Crippen molar-refractivity contribution in [3.05, 3.63) is 41.9 Å². The fraction of sp³-hybridized carbons (Fsp3) is 0.538. The molecule has 3 saturated heterocycles. The molecular formula is C26H35N5O3. The Morgan fingerprint density at radius 1 is 1.18 bits per heavy atom. The summed E-state index contributed by atoms with van der Waals surface area (Å²) >= 11 is 0. The maximum absolute atomic E-state index is 12.1. The minimum Gasteiger partial charge on any atom is -0.481 e. The molecule has 4 unspecified atom stereocenters. The van der Waals surface area contributed by atoms with Gasteiger partial charge >= 0.3 is 5.97 Å². The van der Waals surface area contributed by atoms with Crippen molar-refractivity contribution in [3.8, 4) is 11.3 Å². The van der Waals surface area contributed by atoms with E-state index >= 15 is 0 Å². The summed E-state index contributed by atoms with van der Waals surface area (Å²) in [4.78, 5) is 36.8. The number of hydrogen-bond donors (Lipinski definition) is 2. The van der Waals surface area contributed by atoms with E-state index in [1.807, 2.05) is 21.0 Å². The summed E-state index contributed by atoms with van der Waals surface area (Å²) in [5.74, 6) is 0.792. The Labute approximate surface area is 201 Å². The van der Waals surface area contributed by atoms with E-state index in [4.69, 9.17) is 15.1 Å². The zero-order valence-electron chi connectivity index (χ0n) is 20.3. The number of carboxylic acid groups (broad SMARTS) is 1. The summed E-state index contributed by atoms with van der Waals surface area (Å²) in [5, 5.41) is 11.7. The van der Waals surface area contributed by atoms with E-state index < -0.39 is 5.97 Å². The molecule has 4 atom stereocenters. The van der Waals surface area contributed by atoms with Gasteiger partial charge in [0.25, 0.3) is 0 Å². The van der Waals surface area contributed by atoms with Crippen LogP contribution in [-0.4, -0.2) is 71.6 Å². The van der Waals surface area contributed by atoms with Gasteiger partial charge in [0, 0.05) is 68.9 Å². The standard InChI is InChI=1S/C26H35N5O3/c1-17-28-23(18-7-9-20(10-8-18)30(2)3)14-24(29-17)22-16-31-12-11-19(22)13-21(31)15-27-25(32)5-4-6-26(33)34/h7-10,14,19,21-22H,4-6,11-13,15-16H2,1-3H3,(H,27,32)(H,33,34). The SMILES string of the molecule is Cc1nc(-c2ccc(N(C)C)cc2)cc(C2CN3CCC2CC3CNC(=O)CCCC(=O)O)n1. The molecule has 2 bridgehead atoms. The number of benzene rings is 1. The summed E-state index contributed by atoms with van der Waals surface area (Å²) in [6.45, 7) is 4.58. The topological polar surface area (TPSA) is 98.7 Å². The number of nitrogens with zero attached hydrogens (tertiary/aromatic N) is 4. The zero-order chi connectivity index (χ0) is 24.2. The van der Waals surface area contributed by atoms with Gasteiger partial charge in [-0.15, -0.1) is 0 Å². The van der Waals surface area contributed by atoms with Crippen LogP contribution in [0.5, 0.6) is 0 Å². The number of aromatic nitrogens is 2. The number of nitrogens with one attached hydrogen (secondary N) is 1. The van der Waals surface area contributed by atoms with Gasteiger partial charge in [0.05, 0.1) is 5.69 Å². The maximum atomic E-state index is 12.1. The van der Waals surface area contributed by atoms with Gasteiger partial charge < -0.3 is 15.3 Å². The lowest BCUT2D eigenvalue weighted by atomic mass is 9.74. The van der Waals surface area contributed by atoms with Crippen LogP contribution < -0.4 is 10.2 Å². The van der Waals surface area contributed by atoms with Gasteiger partial charge in [-0.25, -0.2) is 9.97 Å². The number of anilines is 1. The van der Waals surface area contributed by atoms with Gasteiger partial charge in [-0.1, -0.05) is 12.1 Å². The highest BCUT2D eigenvalue weighted by Gasteiger charge is 2.41. The van der Waals surface area contributed by atoms with Gasteiger partial charge in [-0.3, -0.25) is 14.5 Å². The van der Waals surface area contributed by atoms with Crippen LogP contribution in [0.1, 0.15) is 49.5 Å². The van der Waals surface area contributed by atoms with E-state index in [9.17, 15) is 9.59 Å². The van der Waals surface area contributed by atoms with Crippen molar-refractivity contribution in [1.29, 1.82) is 0 Å². The van der Waals surface area contributed by atoms with E-state index in [1.54, 1.807) is 0 Å². The molecule has 0 saturated carbocycles. The summed E-state index contributed by atoms with van der Waals surface area (Å²) in [5.41, 5.74) is 4.34. The normalized spacial score (nSPS) is 23.5. The van der Waals surface area contributed by atoms with Crippen molar-refractivity contribution in [2.45, 2.75) is 51.0 Å². The number of piperidine rings is 3. The Bertz CT molecular complexity index is 1020. The molecule has 0 spiro atoms. The fourth-order valence-corrected chi connectivity index (χ4v) is 5.26. The number of fused-ring (bicyclic) bond motifs is 3. The first-order chi connectivity index (χ1) is 16.3. The van der Waals surface area contributed by atoms with Crippen molar-refractivity contribution >= 4 is 17.6 Å². The molecule has 4 heterocycles. The summed E-state index contributed by atoms with van der Waals surface area (Å²) in [6.07, 6.45) is 2.86. The van der Waals surface area contributed by atoms with Crippen molar-refractivity contribution in [2.75, 3.05) is 38.6 Å². The molecule has 3 fully saturated rings. The van der Waals surface area contributed by atoms with Gasteiger partial charge in [-0.2, -0.15) is 0 Å². The number of aliphatic carboxylic acids is 1. The van der Waals surface area contributed by atoms with Crippen molar-refractivity contribution in [2.24, 2.45) is 5.92 Å². The molecule has 2 N–H and O–H groups in total. The van der Waals surface area contributed by atoms with E-state index in [-0.39, 0.29) is 18.7 Å². The minimum absolute atomic E-state index is 0.0346. The van der Waals surface area contributed by atoms with E-state index in [1.165, 1.54) is 0 Å². The van der Waals surface area contributed by atoms with Crippen LogP contribution in [0.15, 0.2) is 30.3 Å². The third-order valence-corrected chi connectivity index (χ3v) is 7.13. The lowest BCUT2D eigenvalue weighted by Crippen LogP contribution is -2.56. The molecule has 3 aliphatic rings. The molecule has 1 aromatic carbocycles. The van der Waals surface area contributed by atoms with Crippen molar-refractivity contribution in [1.82, 2.24) is 20.2 Å². The number of hydrogen-bond acceptors (Lipinski definition) is 6. The van der Waals surface area contributed by atoms with Crippen LogP contribution in [0, 0.1) is 12.8 Å². The van der Waals surface area contributed by atoms with Crippen LogP contribution in [0.3, 0.4) is 0 Å². The Balaban J connectivity index is 1.40.